The summed E-state index contributed by atoms with van der Waals surface area (Å²) in [6.07, 6.45) is 0.980. The van der Waals surface area contributed by atoms with E-state index in [0.29, 0.717) is 22.5 Å². The molecule has 3 aromatic rings. The Morgan fingerprint density at radius 1 is 1.05 bits per heavy atom. The second-order valence-electron chi connectivity index (χ2n) is 5.75. The standard InChI is InChI=1S/C18H18O2/c1-11(2)10-13-8-9-16-17(12(13)3)18(19)14-6-4-5-7-15(14)20-16/h4-9,11H,10H2,1-3H3. The molecule has 0 atom stereocenters. The van der Waals surface area contributed by atoms with Crippen molar-refractivity contribution in [2.24, 2.45) is 5.92 Å². The number of fused-ring (bicyclic) bond motifs is 2. The Balaban J connectivity index is 2.39. The molecular weight excluding hydrogens is 248 g/mol. The van der Waals surface area contributed by atoms with Crippen molar-refractivity contribution in [1.82, 2.24) is 0 Å². The molecule has 20 heavy (non-hydrogen) atoms. The van der Waals surface area contributed by atoms with Gasteiger partial charge in [0.05, 0.1) is 10.8 Å². The van der Waals surface area contributed by atoms with Crippen molar-refractivity contribution in [2.75, 3.05) is 0 Å². The first-order valence-corrected chi connectivity index (χ1v) is 7.02. The van der Waals surface area contributed by atoms with Gasteiger partial charge < -0.3 is 4.42 Å². The molecule has 2 heteroatoms. The van der Waals surface area contributed by atoms with Gasteiger partial charge in [-0.3, -0.25) is 4.79 Å². The largest absolute Gasteiger partial charge is 0.456 e. The summed E-state index contributed by atoms with van der Waals surface area (Å²) in [6.45, 7) is 6.39. The smallest absolute Gasteiger partial charge is 0.200 e. The molecule has 0 N–H and O–H groups in total. The quantitative estimate of drug-likeness (QED) is 0.641. The van der Waals surface area contributed by atoms with Crippen molar-refractivity contribution in [2.45, 2.75) is 27.2 Å². The van der Waals surface area contributed by atoms with E-state index in [1.807, 2.05) is 37.3 Å². The molecule has 0 bridgehead atoms. The number of rotatable bonds is 2. The Kier molecular flexibility index (Phi) is 3.09. The Bertz CT molecular complexity index is 841. The van der Waals surface area contributed by atoms with Gasteiger partial charge in [-0.2, -0.15) is 0 Å². The molecule has 102 valence electrons. The maximum Gasteiger partial charge on any atom is 0.200 e. The Morgan fingerprint density at radius 3 is 2.55 bits per heavy atom. The molecule has 0 unspecified atom stereocenters. The van der Waals surface area contributed by atoms with E-state index in [0.717, 1.165) is 17.4 Å². The highest BCUT2D eigenvalue weighted by Crippen LogP contribution is 2.24. The van der Waals surface area contributed by atoms with E-state index in [-0.39, 0.29) is 5.43 Å². The zero-order chi connectivity index (χ0) is 14.3. The predicted octanol–water partition coefficient (Wildman–Crippen LogP) is 4.45. The summed E-state index contributed by atoms with van der Waals surface area (Å²) in [5.74, 6) is 0.568. The molecule has 0 saturated carbocycles. The van der Waals surface area contributed by atoms with Gasteiger partial charge in [0.1, 0.15) is 11.2 Å². The van der Waals surface area contributed by atoms with Gasteiger partial charge in [-0.05, 0) is 48.6 Å². The Labute approximate surface area is 118 Å². The maximum atomic E-state index is 12.7. The maximum absolute atomic E-state index is 12.7. The van der Waals surface area contributed by atoms with Crippen LogP contribution in [-0.4, -0.2) is 0 Å². The van der Waals surface area contributed by atoms with Crippen LogP contribution in [-0.2, 0) is 6.42 Å². The van der Waals surface area contributed by atoms with Gasteiger partial charge in [-0.25, -0.2) is 0 Å². The second kappa shape index (κ2) is 4.78. The molecule has 0 spiro atoms. The molecule has 0 aliphatic rings. The number of hydrogen-bond donors (Lipinski definition) is 0. The fraction of sp³-hybridized carbons (Fsp3) is 0.278. The highest BCUT2D eigenvalue weighted by molar-refractivity contribution is 5.91. The van der Waals surface area contributed by atoms with Gasteiger partial charge in [0.15, 0.2) is 0 Å². The highest BCUT2D eigenvalue weighted by atomic mass is 16.3. The SMILES string of the molecule is Cc1c(CC(C)C)ccc2oc3ccccc3c(=O)c12. The second-order valence-corrected chi connectivity index (χ2v) is 5.75. The zero-order valence-electron chi connectivity index (χ0n) is 12.1. The van der Waals surface area contributed by atoms with E-state index in [1.54, 1.807) is 0 Å². The van der Waals surface area contributed by atoms with Crippen LogP contribution < -0.4 is 5.43 Å². The van der Waals surface area contributed by atoms with Crippen LogP contribution in [0.25, 0.3) is 21.9 Å². The van der Waals surface area contributed by atoms with E-state index in [1.165, 1.54) is 5.56 Å². The van der Waals surface area contributed by atoms with Gasteiger partial charge in [0.2, 0.25) is 5.43 Å². The van der Waals surface area contributed by atoms with Crippen molar-refractivity contribution in [1.29, 1.82) is 0 Å². The summed E-state index contributed by atoms with van der Waals surface area (Å²) >= 11 is 0. The average Bonchev–Trinajstić information content (AvgIpc) is 2.42. The number of para-hydroxylation sites is 1. The van der Waals surface area contributed by atoms with Crippen LogP contribution in [0.4, 0.5) is 0 Å². The fourth-order valence-corrected chi connectivity index (χ4v) is 2.75. The highest BCUT2D eigenvalue weighted by Gasteiger charge is 2.12. The first-order chi connectivity index (χ1) is 9.58. The topological polar surface area (TPSA) is 30.2 Å². The Hall–Kier alpha value is -2.09. The summed E-state index contributed by atoms with van der Waals surface area (Å²) < 4.78 is 5.87. The van der Waals surface area contributed by atoms with Gasteiger partial charge in [0.25, 0.3) is 0 Å². The molecule has 1 heterocycles. The minimum Gasteiger partial charge on any atom is -0.456 e. The van der Waals surface area contributed by atoms with Crippen LogP contribution in [0.2, 0.25) is 0 Å². The van der Waals surface area contributed by atoms with Crippen LogP contribution in [0.3, 0.4) is 0 Å². The van der Waals surface area contributed by atoms with Crippen molar-refractivity contribution >= 4 is 21.9 Å². The van der Waals surface area contributed by atoms with E-state index >= 15 is 0 Å². The normalized spacial score (nSPS) is 11.6. The lowest BCUT2D eigenvalue weighted by molar-refractivity contribution is 0.641. The van der Waals surface area contributed by atoms with E-state index < -0.39 is 0 Å². The third-order valence-corrected chi connectivity index (χ3v) is 3.75. The number of aryl methyl sites for hydroxylation is 1. The average molecular weight is 266 g/mol. The molecule has 2 nitrogen and oxygen atoms in total. The molecular formula is C18H18O2. The minimum absolute atomic E-state index is 0.0740. The van der Waals surface area contributed by atoms with Gasteiger partial charge in [-0.15, -0.1) is 0 Å². The fourth-order valence-electron chi connectivity index (χ4n) is 2.75. The van der Waals surface area contributed by atoms with Crippen LogP contribution in [0, 0.1) is 12.8 Å². The summed E-state index contributed by atoms with van der Waals surface area (Å²) in [7, 11) is 0. The molecule has 0 saturated heterocycles. The molecule has 2 aromatic carbocycles. The van der Waals surface area contributed by atoms with Crippen molar-refractivity contribution in [3.05, 3.63) is 57.7 Å². The van der Waals surface area contributed by atoms with Crippen LogP contribution >= 0.6 is 0 Å². The monoisotopic (exact) mass is 266 g/mol. The van der Waals surface area contributed by atoms with E-state index in [9.17, 15) is 4.79 Å². The lowest BCUT2D eigenvalue weighted by atomic mass is 9.95. The van der Waals surface area contributed by atoms with Crippen molar-refractivity contribution in [3.63, 3.8) is 0 Å². The van der Waals surface area contributed by atoms with E-state index in [4.69, 9.17) is 4.42 Å². The Morgan fingerprint density at radius 2 is 1.80 bits per heavy atom. The van der Waals surface area contributed by atoms with Crippen molar-refractivity contribution in [3.8, 4) is 0 Å². The molecule has 3 rings (SSSR count). The molecule has 0 amide bonds. The third kappa shape index (κ3) is 2.01. The number of hydrogen-bond acceptors (Lipinski definition) is 2. The zero-order valence-corrected chi connectivity index (χ0v) is 12.1. The lowest BCUT2D eigenvalue weighted by Gasteiger charge is -2.11. The van der Waals surface area contributed by atoms with Gasteiger partial charge >= 0.3 is 0 Å². The third-order valence-electron chi connectivity index (χ3n) is 3.75. The molecule has 0 radical (unpaired) electrons. The first-order valence-electron chi connectivity index (χ1n) is 7.02. The molecule has 0 fully saturated rings. The summed E-state index contributed by atoms with van der Waals surface area (Å²) in [6, 6.07) is 11.4. The van der Waals surface area contributed by atoms with Crippen LogP contribution in [0.15, 0.2) is 45.6 Å². The lowest BCUT2D eigenvalue weighted by Crippen LogP contribution is -2.06. The minimum atomic E-state index is 0.0740. The predicted molar refractivity (Wildman–Crippen MR) is 83.3 cm³/mol. The first kappa shape index (κ1) is 12.9. The van der Waals surface area contributed by atoms with Crippen LogP contribution in [0.5, 0.6) is 0 Å². The summed E-state index contributed by atoms with van der Waals surface area (Å²) in [5.41, 5.74) is 3.69. The van der Waals surface area contributed by atoms with Crippen molar-refractivity contribution < 1.29 is 4.42 Å². The molecule has 0 aliphatic carbocycles. The summed E-state index contributed by atoms with van der Waals surface area (Å²) in [4.78, 5) is 12.7. The summed E-state index contributed by atoms with van der Waals surface area (Å²) in [5, 5.41) is 1.38. The molecule has 0 aliphatic heterocycles. The van der Waals surface area contributed by atoms with Gasteiger partial charge in [-0.1, -0.05) is 32.0 Å². The number of benzene rings is 2. The van der Waals surface area contributed by atoms with Crippen LogP contribution in [0.1, 0.15) is 25.0 Å². The molecule has 1 aromatic heterocycles. The van der Waals surface area contributed by atoms with Gasteiger partial charge in [0, 0.05) is 0 Å². The van der Waals surface area contributed by atoms with E-state index in [2.05, 4.69) is 19.9 Å².